The van der Waals surface area contributed by atoms with Crippen molar-refractivity contribution in [3.63, 3.8) is 0 Å². The van der Waals surface area contributed by atoms with Gasteiger partial charge < -0.3 is 5.32 Å². The molecule has 0 aromatic heterocycles. The predicted octanol–water partition coefficient (Wildman–Crippen LogP) is 4.58. The highest BCUT2D eigenvalue weighted by atomic mass is 32.2. The number of hydrogen-bond acceptors (Lipinski definition) is 4. The summed E-state index contributed by atoms with van der Waals surface area (Å²) in [6, 6.07) is 13.0. The first-order valence-corrected chi connectivity index (χ1v) is 10.4. The molecule has 1 aliphatic rings. The first-order valence-electron chi connectivity index (χ1n) is 9.25. The summed E-state index contributed by atoms with van der Waals surface area (Å²) < 4.78 is 0. The average Bonchev–Trinajstić information content (AvgIpc) is 2.68. The number of carbonyl (C=O) groups excluding carboxylic acids is 1. The van der Waals surface area contributed by atoms with E-state index in [1.807, 2.05) is 6.92 Å². The Balaban J connectivity index is 1.46. The highest BCUT2D eigenvalue weighted by Crippen LogP contribution is 2.25. The van der Waals surface area contributed by atoms with Crippen LogP contribution in [0, 0.1) is 10.1 Å². The summed E-state index contributed by atoms with van der Waals surface area (Å²) in [4.78, 5) is 22.5. The van der Waals surface area contributed by atoms with Gasteiger partial charge in [0.2, 0.25) is 5.91 Å². The van der Waals surface area contributed by atoms with Crippen molar-refractivity contribution in [1.82, 2.24) is 5.32 Å². The summed E-state index contributed by atoms with van der Waals surface area (Å²) in [6.07, 6.45) is 4.81. The predicted molar refractivity (Wildman–Crippen MR) is 109 cm³/mol. The van der Waals surface area contributed by atoms with Crippen molar-refractivity contribution in [1.29, 1.82) is 0 Å². The minimum Gasteiger partial charge on any atom is -0.349 e. The van der Waals surface area contributed by atoms with Crippen LogP contribution in [0.25, 0.3) is 0 Å². The summed E-state index contributed by atoms with van der Waals surface area (Å²) in [6.45, 7) is 2.02. The lowest BCUT2D eigenvalue weighted by Crippen LogP contribution is -2.28. The zero-order chi connectivity index (χ0) is 19.2. The number of non-ortho nitro benzene ring substituents is 1. The molecule has 142 valence electrons. The zero-order valence-corrected chi connectivity index (χ0v) is 16.3. The average molecular weight is 385 g/mol. The van der Waals surface area contributed by atoms with Gasteiger partial charge in [-0.3, -0.25) is 14.9 Å². The van der Waals surface area contributed by atoms with Crippen LogP contribution in [-0.4, -0.2) is 16.6 Å². The van der Waals surface area contributed by atoms with Crippen molar-refractivity contribution in [2.45, 2.75) is 44.4 Å². The SMILES string of the molecule is C[C@@H](NC(=O)CSCc1ccc([N+](=O)[O-])cc1)c1ccc2c(c1)CCCC2. The number of aryl methyl sites for hydroxylation is 2. The number of carbonyl (C=O) groups is 1. The van der Waals surface area contributed by atoms with E-state index in [4.69, 9.17) is 0 Å². The number of amides is 1. The number of fused-ring (bicyclic) bond motifs is 1. The number of rotatable bonds is 7. The van der Waals surface area contributed by atoms with Gasteiger partial charge in [0, 0.05) is 17.9 Å². The minimum atomic E-state index is -0.410. The summed E-state index contributed by atoms with van der Waals surface area (Å²) in [5.74, 6) is 1.03. The van der Waals surface area contributed by atoms with Crippen molar-refractivity contribution in [3.8, 4) is 0 Å². The topological polar surface area (TPSA) is 72.2 Å². The standard InChI is InChI=1S/C21H24N2O3S/c1-15(18-9-8-17-4-2-3-5-19(17)12-18)22-21(24)14-27-13-16-6-10-20(11-7-16)23(25)26/h6-12,15H,2-5,13-14H2,1H3,(H,22,24)/t15-/m1/s1. The molecule has 2 aromatic rings. The van der Waals surface area contributed by atoms with Crippen LogP contribution in [0.4, 0.5) is 5.69 Å². The molecule has 1 amide bonds. The fourth-order valence-corrected chi connectivity index (χ4v) is 4.16. The molecule has 0 fully saturated rings. The Hall–Kier alpha value is -2.34. The van der Waals surface area contributed by atoms with E-state index in [0.717, 1.165) is 24.0 Å². The number of nitrogens with zero attached hydrogens (tertiary/aromatic N) is 1. The molecule has 1 aliphatic carbocycles. The largest absolute Gasteiger partial charge is 0.349 e. The Morgan fingerprint density at radius 2 is 1.85 bits per heavy atom. The number of nitro groups is 1. The van der Waals surface area contributed by atoms with Crippen LogP contribution < -0.4 is 5.32 Å². The number of benzene rings is 2. The maximum Gasteiger partial charge on any atom is 0.269 e. The van der Waals surface area contributed by atoms with Gasteiger partial charge in [-0.15, -0.1) is 11.8 Å². The highest BCUT2D eigenvalue weighted by molar-refractivity contribution is 7.99. The lowest BCUT2D eigenvalue weighted by Gasteiger charge is -2.20. The van der Waals surface area contributed by atoms with Crippen LogP contribution in [0.5, 0.6) is 0 Å². The molecule has 5 nitrogen and oxygen atoms in total. The minimum absolute atomic E-state index is 0.00660. The van der Waals surface area contributed by atoms with Gasteiger partial charge in [-0.25, -0.2) is 0 Å². The lowest BCUT2D eigenvalue weighted by molar-refractivity contribution is -0.384. The van der Waals surface area contributed by atoms with Gasteiger partial charge in [0.25, 0.3) is 5.69 Å². The van der Waals surface area contributed by atoms with E-state index in [-0.39, 0.29) is 17.6 Å². The molecule has 3 rings (SSSR count). The van der Waals surface area contributed by atoms with E-state index in [2.05, 4.69) is 23.5 Å². The second kappa shape index (κ2) is 9.04. The summed E-state index contributed by atoms with van der Waals surface area (Å²) in [5, 5.41) is 13.7. The summed E-state index contributed by atoms with van der Waals surface area (Å²) >= 11 is 1.51. The first-order chi connectivity index (χ1) is 13.0. The molecule has 0 aliphatic heterocycles. The molecule has 27 heavy (non-hydrogen) atoms. The van der Waals surface area contributed by atoms with Crippen LogP contribution >= 0.6 is 11.8 Å². The van der Waals surface area contributed by atoms with E-state index in [1.54, 1.807) is 12.1 Å². The van der Waals surface area contributed by atoms with E-state index >= 15 is 0 Å². The molecule has 2 aromatic carbocycles. The van der Waals surface area contributed by atoms with E-state index in [1.165, 1.54) is 47.9 Å². The van der Waals surface area contributed by atoms with Crippen molar-refractivity contribution in [2.24, 2.45) is 0 Å². The van der Waals surface area contributed by atoms with E-state index in [0.29, 0.717) is 11.5 Å². The zero-order valence-electron chi connectivity index (χ0n) is 15.4. The number of thioether (sulfide) groups is 1. The smallest absolute Gasteiger partial charge is 0.269 e. The molecular formula is C21H24N2O3S. The molecular weight excluding hydrogens is 360 g/mol. The third-order valence-electron chi connectivity index (χ3n) is 4.90. The van der Waals surface area contributed by atoms with Crippen molar-refractivity contribution >= 4 is 23.4 Å². The van der Waals surface area contributed by atoms with Gasteiger partial charge >= 0.3 is 0 Å². The molecule has 1 N–H and O–H groups in total. The van der Waals surface area contributed by atoms with Gasteiger partial charge in [0.1, 0.15) is 0 Å². The first kappa shape index (κ1) is 19.4. The molecule has 6 heteroatoms. The summed E-state index contributed by atoms with van der Waals surface area (Å²) in [5.41, 5.74) is 5.08. The monoisotopic (exact) mass is 384 g/mol. The fourth-order valence-electron chi connectivity index (χ4n) is 3.36. The molecule has 0 saturated carbocycles. The van der Waals surface area contributed by atoms with Crippen molar-refractivity contribution in [3.05, 3.63) is 74.8 Å². The highest BCUT2D eigenvalue weighted by Gasteiger charge is 2.14. The van der Waals surface area contributed by atoms with Gasteiger partial charge in [-0.05, 0) is 54.9 Å². The Morgan fingerprint density at radius 3 is 2.56 bits per heavy atom. The second-order valence-electron chi connectivity index (χ2n) is 6.94. The molecule has 0 heterocycles. The van der Waals surface area contributed by atoms with Gasteiger partial charge in [0.15, 0.2) is 0 Å². The molecule has 0 radical (unpaired) electrons. The number of hydrogen-bond donors (Lipinski definition) is 1. The number of nitro benzene ring substituents is 1. The maximum atomic E-state index is 12.2. The fraction of sp³-hybridized carbons (Fsp3) is 0.381. The lowest BCUT2D eigenvalue weighted by atomic mass is 9.89. The van der Waals surface area contributed by atoms with Crippen LogP contribution in [0.1, 0.15) is 48.1 Å². The molecule has 0 bridgehead atoms. The Bertz CT molecular complexity index is 821. The molecule has 1 atom stereocenters. The normalized spacial score (nSPS) is 14.3. The van der Waals surface area contributed by atoms with Crippen LogP contribution in [0.2, 0.25) is 0 Å². The quantitative estimate of drug-likeness (QED) is 0.560. The molecule has 0 saturated heterocycles. The van der Waals surface area contributed by atoms with Crippen LogP contribution in [-0.2, 0) is 23.4 Å². The van der Waals surface area contributed by atoms with Crippen LogP contribution in [0.15, 0.2) is 42.5 Å². The Kier molecular flexibility index (Phi) is 6.50. The van der Waals surface area contributed by atoms with Crippen LogP contribution in [0.3, 0.4) is 0 Å². The van der Waals surface area contributed by atoms with E-state index in [9.17, 15) is 14.9 Å². The molecule has 0 spiro atoms. The van der Waals surface area contributed by atoms with Crippen molar-refractivity contribution < 1.29 is 9.72 Å². The Morgan fingerprint density at radius 1 is 1.15 bits per heavy atom. The number of nitrogens with one attached hydrogen (secondary N) is 1. The third kappa shape index (κ3) is 5.32. The Labute approximate surface area is 163 Å². The molecule has 0 unspecified atom stereocenters. The maximum absolute atomic E-state index is 12.2. The van der Waals surface area contributed by atoms with E-state index < -0.39 is 4.92 Å². The van der Waals surface area contributed by atoms with Crippen molar-refractivity contribution in [2.75, 3.05) is 5.75 Å². The third-order valence-corrected chi connectivity index (χ3v) is 5.90. The van der Waals surface area contributed by atoms with Gasteiger partial charge in [-0.2, -0.15) is 0 Å². The van der Waals surface area contributed by atoms with Gasteiger partial charge in [0.05, 0.1) is 16.7 Å². The summed E-state index contributed by atoms with van der Waals surface area (Å²) in [7, 11) is 0. The van der Waals surface area contributed by atoms with Gasteiger partial charge in [-0.1, -0.05) is 30.3 Å². The second-order valence-corrected chi connectivity index (χ2v) is 7.93.